The van der Waals surface area contributed by atoms with Crippen LogP contribution in [0, 0.1) is 6.92 Å². The summed E-state index contributed by atoms with van der Waals surface area (Å²) < 4.78 is 4.98. The zero-order valence-electron chi connectivity index (χ0n) is 7.48. The Hall–Kier alpha value is -0.680. The highest BCUT2D eigenvalue weighted by Crippen LogP contribution is 2.12. The first-order chi connectivity index (χ1) is 5.72. The van der Waals surface area contributed by atoms with Crippen LogP contribution in [0.25, 0.3) is 0 Å². The van der Waals surface area contributed by atoms with Gasteiger partial charge in [-0.2, -0.15) is 0 Å². The lowest BCUT2D eigenvalue weighted by Gasteiger charge is -1.93. The Morgan fingerprint density at radius 1 is 1.77 bits per heavy atom. The minimum Gasteiger partial charge on any atom is -0.379 e. The van der Waals surface area contributed by atoms with Gasteiger partial charge in [0.25, 0.3) is 0 Å². The Morgan fingerprint density at radius 3 is 2.92 bits per heavy atom. The number of nitrogens with zero attached hydrogens (tertiary/aromatic N) is 2. The van der Waals surface area contributed by atoms with Crippen molar-refractivity contribution in [2.45, 2.75) is 12.7 Å². The summed E-state index contributed by atoms with van der Waals surface area (Å²) in [5.41, 5.74) is 6.37. The lowest BCUT2D eigenvalue weighted by molar-refractivity contribution is 0.391. The van der Waals surface area contributed by atoms with Gasteiger partial charge in [-0.3, -0.25) is 4.99 Å². The molecule has 0 saturated carbocycles. The number of aryl methyl sites for hydroxylation is 1. The van der Waals surface area contributed by atoms with Gasteiger partial charge in [-0.25, -0.2) is 0 Å². The van der Waals surface area contributed by atoms with Crippen molar-refractivity contribution < 1.29 is 4.52 Å². The van der Waals surface area contributed by atoms with Crippen LogP contribution >= 0.6 is 24.2 Å². The number of hydrogen-bond acceptors (Lipinski definition) is 4. The molecule has 1 aromatic heterocycles. The fourth-order valence-electron chi connectivity index (χ4n) is 0.694. The predicted octanol–water partition coefficient (Wildman–Crippen LogP) is 1.58. The first-order valence-electron chi connectivity index (χ1n) is 3.49. The number of hydrogen-bond donors (Lipinski definition) is 1. The number of aromatic nitrogens is 1. The second-order valence-corrected chi connectivity index (χ2v) is 3.28. The van der Waals surface area contributed by atoms with Crippen LogP contribution in [0.5, 0.6) is 0 Å². The van der Waals surface area contributed by atoms with Crippen LogP contribution in [0.1, 0.15) is 11.5 Å². The largest absolute Gasteiger partial charge is 0.379 e. The van der Waals surface area contributed by atoms with Crippen LogP contribution in [-0.4, -0.2) is 17.4 Å². The van der Waals surface area contributed by atoms with Gasteiger partial charge in [0, 0.05) is 13.1 Å². The van der Waals surface area contributed by atoms with Crippen molar-refractivity contribution in [1.29, 1.82) is 0 Å². The van der Waals surface area contributed by atoms with E-state index in [1.807, 2.05) is 13.0 Å². The van der Waals surface area contributed by atoms with E-state index in [2.05, 4.69) is 10.1 Å². The molecule has 0 saturated heterocycles. The van der Waals surface area contributed by atoms with Gasteiger partial charge in [-0.1, -0.05) is 16.9 Å². The molecule has 0 unspecified atom stereocenters. The summed E-state index contributed by atoms with van der Waals surface area (Å²) in [5, 5.41) is 4.31. The number of aliphatic imine (C=N–C) groups is 1. The molecule has 4 nitrogen and oxygen atoms in total. The fraction of sp³-hybridized carbons (Fsp3) is 0.429. The maximum Gasteiger partial charge on any atom is 0.154 e. The number of rotatable bonds is 2. The van der Waals surface area contributed by atoms with Crippen molar-refractivity contribution in [3.63, 3.8) is 0 Å². The van der Waals surface area contributed by atoms with E-state index in [0.717, 1.165) is 11.5 Å². The van der Waals surface area contributed by atoms with E-state index >= 15 is 0 Å². The van der Waals surface area contributed by atoms with Crippen LogP contribution in [-0.2, 0) is 5.75 Å². The van der Waals surface area contributed by atoms with E-state index in [9.17, 15) is 0 Å². The third-order valence-electron chi connectivity index (χ3n) is 1.26. The van der Waals surface area contributed by atoms with E-state index < -0.39 is 0 Å². The van der Waals surface area contributed by atoms with E-state index in [0.29, 0.717) is 10.9 Å². The molecule has 0 atom stereocenters. The number of thioether (sulfide) groups is 1. The van der Waals surface area contributed by atoms with Crippen molar-refractivity contribution >= 4 is 29.3 Å². The van der Waals surface area contributed by atoms with Crippen LogP contribution in [0.4, 0.5) is 0 Å². The SMILES string of the molecule is CN=C(N)SCc1cc(C)no1.Cl. The average Bonchev–Trinajstić information content (AvgIpc) is 2.47. The monoisotopic (exact) mass is 221 g/mol. The second kappa shape index (κ2) is 5.88. The van der Waals surface area contributed by atoms with Crippen molar-refractivity contribution in [2.24, 2.45) is 10.7 Å². The molecule has 13 heavy (non-hydrogen) atoms. The number of nitrogens with two attached hydrogens (primary N) is 1. The highest BCUT2D eigenvalue weighted by Gasteiger charge is 2.01. The third kappa shape index (κ3) is 4.19. The molecule has 6 heteroatoms. The molecule has 0 aliphatic carbocycles. The summed E-state index contributed by atoms with van der Waals surface area (Å²) in [6, 6.07) is 1.88. The van der Waals surface area contributed by atoms with Gasteiger partial charge in [-0.15, -0.1) is 12.4 Å². The van der Waals surface area contributed by atoms with E-state index in [4.69, 9.17) is 10.3 Å². The normalized spacial score (nSPS) is 11.1. The summed E-state index contributed by atoms with van der Waals surface area (Å²) in [6.07, 6.45) is 0. The van der Waals surface area contributed by atoms with E-state index in [-0.39, 0.29) is 12.4 Å². The molecular weight excluding hydrogens is 210 g/mol. The van der Waals surface area contributed by atoms with Crippen molar-refractivity contribution in [1.82, 2.24) is 5.16 Å². The Morgan fingerprint density at radius 2 is 2.46 bits per heavy atom. The van der Waals surface area contributed by atoms with Crippen LogP contribution in [0.3, 0.4) is 0 Å². The maximum absolute atomic E-state index is 5.48. The average molecular weight is 222 g/mol. The fourth-order valence-corrected chi connectivity index (χ4v) is 1.25. The van der Waals surface area contributed by atoms with Gasteiger partial charge in [0.15, 0.2) is 5.17 Å². The molecule has 0 amide bonds. The van der Waals surface area contributed by atoms with Crippen LogP contribution in [0.15, 0.2) is 15.6 Å². The zero-order valence-corrected chi connectivity index (χ0v) is 9.11. The Labute approximate surface area is 87.4 Å². The summed E-state index contributed by atoms with van der Waals surface area (Å²) >= 11 is 1.44. The quantitative estimate of drug-likeness (QED) is 0.609. The molecular formula is C7H12ClN3OS. The summed E-state index contributed by atoms with van der Waals surface area (Å²) in [7, 11) is 1.66. The minimum atomic E-state index is 0. The Kier molecular flexibility index (Phi) is 5.57. The summed E-state index contributed by atoms with van der Waals surface area (Å²) in [6.45, 7) is 1.88. The lowest BCUT2D eigenvalue weighted by atomic mass is 10.4. The highest BCUT2D eigenvalue weighted by atomic mass is 35.5. The standard InChI is InChI=1S/C7H11N3OS.ClH/c1-5-3-6(11-10-5)4-12-7(8)9-2;/h3H,4H2,1-2H3,(H2,8,9);1H. The zero-order chi connectivity index (χ0) is 8.97. The molecule has 0 aliphatic heterocycles. The van der Waals surface area contributed by atoms with Crippen molar-refractivity contribution in [3.05, 3.63) is 17.5 Å². The topological polar surface area (TPSA) is 64.4 Å². The molecule has 0 bridgehead atoms. The molecule has 0 fully saturated rings. The third-order valence-corrected chi connectivity index (χ3v) is 2.17. The predicted molar refractivity (Wildman–Crippen MR) is 57.3 cm³/mol. The van der Waals surface area contributed by atoms with Crippen LogP contribution < -0.4 is 5.73 Å². The molecule has 0 spiro atoms. The smallest absolute Gasteiger partial charge is 0.154 e. The van der Waals surface area contributed by atoms with E-state index in [1.54, 1.807) is 7.05 Å². The van der Waals surface area contributed by atoms with Gasteiger partial charge < -0.3 is 10.3 Å². The maximum atomic E-state index is 5.48. The Bertz CT molecular complexity index is 287. The molecule has 1 heterocycles. The van der Waals surface area contributed by atoms with Gasteiger partial charge in [0.1, 0.15) is 5.76 Å². The Balaban J connectivity index is 0.00000144. The first kappa shape index (κ1) is 12.3. The summed E-state index contributed by atoms with van der Waals surface area (Å²) in [4.78, 5) is 3.81. The first-order valence-corrected chi connectivity index (χ1v) is 4.48. The number of halogens is 1. The molecule has 2 N–H and O–H groups in total. The van der Waals surface area contributed by atoms with Crippen LogP contribution in [0.2, 0.25) is 0 Å². The number of amidine groups is 1. The van der Waals surface area contributed by atoms with Gasteiger partial charge in [-0.05, 0) is 6.92 Å². The molecule has 74 valence electrons. The lowest BCUT2D eigenvalue weighted by Crippen LogP contribution is -2.05. The van der Waals surface area contributed by atoms with Gasteiger partial charge >= 0.3 is 0 Å². The molecule has 1 rings (SSSR count). The highest BCUT2D eigenvalue weighted by molar-refractivity contribution is 8.13. The molecule has 0 aliphatic rings. The minimum absolute atomic E-state index is 0. The molecule has 0 radical (unpaired) electrons. The van der Waals surface area contributed by atoms with E-state index in [1.165, 1.54) is 11.8 Å². The summed E-state index contributed by atoms with van der Waals surface area (Å²) in [5.74, 6) is 1.51. The van der Waals surface area contributed by atoms with Crippen molar-refractivity contribution in [2.75, 3.05) is 7.05 Å². The molecule has 1 aromatic rings. The molecule has 0 aromatic carbocycles. The van der Waals surface area contributed by atoms with Crippen molar-refractivity contribution in [3.8, 4) is 0 Å². The van der Waals surface area contributed by atoms with Gasteiger partial charge in [0.05, 0.1) is 11.4 Å². The second-order valence-electron chi connectivity index (χ2n) is 2.29. The van der Waals surface area contributed by atoms with Gasteiger partial charge in [0.2, 0.25) is 0 Å².